The zero-order valence-electron chi connectivity index (χ0n) is 13.0. The average Bonchev–Trinajstić information content (AvgIpc) is 2.99. The number of carbonyl (C=O) groups is 1. The molecule has 0 radical (unpaired) electrons. The van der Waals surface area contributed by atoms with Crippen molar-refractivity contribution in [2.45, 2.75) is 46.7 Å². The molecule has 0 bridgehead atoms. The van der Waals surface area contributed by atoms with E-state index < -0.39 is 0 Å². The van der Waals surface area contributed by atoms with Crippen LogP contribution in [0.4, 0.5) is 5.69 Å². The normalized spacial score (nSPS) is 12.7. The van der Waals surface area contributed by atoms with Crippen LogP contribution >= 0.6 is 11.3 Å². The highest BCUT2D eigenvalue weighted by Crippen LogP contribution is 2.23. The maximum absolute atomic E-state index is 12.3. The van der Waals surface area contributed by atoms with Crippen molar-refractivity contribution in [2.75, 3.05) is 5.32 Å². The summed E-state index contributed by atoms with van der Waals surface area (Å²) < 4.78 is 1.90. The van der Waals surface area contributed by atoms with Crippen molar-refractivity contribution < 1.29 is 4.79 Å². The summed E-state index contributed by atoms with van der Waals surface area (Å²) in [4.78, 5) is 16.6. The van der Waals surface area contributed by atoms with Crippen LogP contribution in [0.5, 0.6) is 0 Å². The summed E-state index contributed by atoms with van der Waals surface area (Å²) in [5.41, 5.74) is 8.66. The molecule has 114 valence electrons. The molecule has 0 saturated carbocycles. The molecule has 2 aromatic heterocycles. The van der Waals surface area contributed by atoms with E-state index in [4.69, 9.17) is 5.73 Å². The van der Waals surface area contributed by atoms with Crippen LogP contribution in [0.25, 0.3) is 0 Å². The molecular formula is C14H21N5OS. The number of nitrogens with two attached hydrogens (primary N) is 1. The highest BCUT2D eigenvalue weighted by molar-refractivity contribution is 7.09. The van der Waals surface area contributed by atoms with Crippen molar-refractivity contribution >= 4 is 22.9 Å². The molecule has 2 aromatic rings. The number of anilines is 1. The van der Waals surface area contributed by atoms with Crippen LogP contribution in [0, 0.1) is 13.8 Å². The highest BCUT2D eigenvalue weighted by Gasteiger charge is 2.18. The molecule has 21 heavy (non-hydrogen) atoms. The van der Waals surface area contributed by atoms with E-state index in [2.05, 4.69) is 29.2 Å². The monoisotopic (exact) mass is 307 g/mol. The molecule has 0 aliphatic carbocycles. The number of aryl methyl sites for hydroxylation is 1. The lowest BCUT2D eigenvalue weighted by atomic mass is 10.3. The van der Waals surface area contributed by atoms with Gasteiger partial charge < -0.3 is 11.1 Å². The molecule has 1 unspecified atom stereocenters. The van der Waals surface area contributed by atoms with Gasteiger partial charge in [-0.1, -0.05) is 0 Å². The van der Waals surface area contributed by atoms with Crippen LogP contribution in [0.15, 0.2) is 5.38 Å². The van der Waals surface area contributed by atoms with Gasteiger partial charge in [0, 0.05) is 11.4 Å². The van der Waals surface area contributed by atoms with Gasteiger partial charge in [-0.05, 0) is 34.6 Å². The van der Waals surface area contributed by atoms with Crippen molar-refractivity contribution in [2.24, 2.45) is 5.73 Å². The summed E-state index contributed by atoms with van der Waals surface area (Å²) in [6, 6.07) is 0.0852. The predicted octanol–water partition coefficient (Wildman–Crippen LogP) is 2.81. The summed E-state index contributed by atoms with van der Waals surface area (Å²) >= 11 is 1.40. The minimum absolute atomic E-state index is 0.163. The van der Waals surface area contributed by atoms with Crippen molar-refractivity contribution in [3.05, 3.63) is 27.5 Å². The Bertz CT molecular complexity index is 656. The summed E-state index contributed by atoms with van der Waals surface area (Å²) in [7, 11) is 0. The molecule has 3 N–H and O–H groups in total. The standard InChI is InChI=1S/C14H21N5OS/c1-7(2)19-10(5)12(9(4)18-19)17-13(20)11-6-21-14(16-11)8(3)15/h6-8H,15H2,1-5H3,(H,17,20). The van der Waals surface area contributed by atoms with E-state index >= 15 is 0 Å². The number of thiazole rings is 1. The fourth-order valence-electron chi connectivity index (χ4n) is 2.13. The molecule has 0 fully saturated rings. The van der Waals surface area contributed by atoms with E-state index in [1.807, 2.05) is 25.5 Å². The van der Waals surface area contributed by atoms with Gasteiger partial charge in [0.2, 0.25) is 0 Å². The lowest BCUT2D eigenvalue weighted by Crippen LogP contribution is -2.14. The second-order valence-electron chi connectivity index (χ2n) is 5.40. The molecule has 0 saturated heterocycles. The molecule has 1 amide bonds. The Kier molecular flexibility index (Phi) is 4.43. The van der Waals surface area contributed by atoms with Crippen molar-refractivity contribution in [3.63, 3.8) is 0 Å². The number of amides is 1. The van der Waals surface area contributed by atoms with E-state index in [-0.39, 0.29) is 18.0 Å². The van der Waals surface area contributed by atoms with Crippen LogP contribution in [-0.2, 0) is 0 Å². The molecule has 0 aliphatic heterocycles. The third-order valence-electron chi connectivity index (χ3n) is 3.20. The number of rotatable bonds is 4. The van der Waals surface area contributed by atoms with Gasteiger partial charge in [-0.3, -0.25) is 9.48 Å². The maximum Gasteiger partial charge on any atom is 0.275 e. The van der Waals surface area contributed by atoms with E-state index in [0.717, 1.165) is 22.1 Å². The lowest BCUT2D eigenvalue weighted by Gasteiger charge is -2.08. The molecule has 2 rings (SSSR count). The predicted molar refractivity (Wildman–Crippen MR) is 84.8 cm³/mol. The Morgan fingerprint density at radius 2 is 2.05 bits per heavy atom. The first-order chi connectivity index (χ1) is 9.81. The molecule has 7 heteroatoms. The first kappa shape index (κ1) is 15.7. The minimum atomic E-state index is -0.229. The molecule has 0 spiro atoms. The molecule has 6 nitrogen and oxygen atoms in total. The first-order valence-electron chi connectivity index (χ1n) is 6.89. The first-order valence-corrected chi connectivity index (χ1v) is 7.77. The number of hydrogen-bond acceptors (Lipinski definition) is 5. The summed E-state index contributed by atoms with van der Waals surface area (Å²) in [5.74, 6) is -0.229. The second kappa shape index (κ2) is 5.95. The largest absolute Gasteiger partial charge is 0.322 e. The second-order valence-corrected chi connectivity index (χ2v) is 6.29. The van der Waals surface area contributed by atoms with E-state index in [1.54, 1.807) is 5.38 Å². The van der Waals surface area contributed by atoms with Crippen LogP contribution in [0.1, 0.15) is 59.7 Å². The van der Waals surface area contributed by atoms with Gasteiger partial charge in [0.25, 0.3) is 5.91 Å². The quantitative estimate of drug-likeness (QED) is 0.909. The Hall–Kier alpha value is -1.73. The van der Waals surface area contributed by atoms with Gasteiger partial charge in [0.15, 0.2) is 0 Å². The molecule has 0 aliphatic rings. The van der Waals surface area contributed by atoms with Gasteiger partial charge in [-0.25, -0.2) is 4.98 Å². The number of aromatic nitrogens is 3. The van der Waals surface area contributed by atoms with Gasteiger partial charge >= 0.3 is 0 Å². The number of nitrogens with zero attached hydrogens (tertiary/aromatic N) is 3. The maximum atomic E-state index is 12.3. The van der Waals surface area contributed by atoms with Crippen LogP contribution in [0.2, 0.25) is 0 Å². The Balaban J connectivity index is 2.23. The summed E-state index contributed by atoms with van der Waals surface area (Å²) in [6.07, 6.45) is 0. The van der Waals surface area contributed by atoms with Crippen LogP contribution in [0.3, 0.4) is 0 Å². The molecule has 0 aromatic carbocycles. The van der Waals surface area contributed by atoms with Gasteiger partial charge in [-0.2, -0.15) is 5.10 Å². The Morgan fingerprint density at radius 3 is 2.52 bits per heavy atom. The van der Waals surface area contributed by atoms with Crippen LogP contribution < -0.4 is 11.1 Å². The van der Waals surface area contributed by atoms with E-state index in [1.165, 1.54) is 11.3 Å². The topological polar surface area (TPSA) is 85.8 Å². The fourth-order valence-corrected chi connectivity index (χ4v) is 2.88. The zero-order chi connectivity index (χ0) is 15.7. The highest BCUT2D eigenvalue weighted by atomic mass is 32.1. The van der Waals surface area contributed by atoms with Gasteiger partial charge in [0.1, 0.15) is 10.7 Å². The van der Waals surface area contributed by atoms with Crippen LogP contribution in [-0.4, -0.2) is 20.7 Å². The van der Waals surface area contributed by atoms with E-state index in [9.17, 15) is 4.79 Å². The summed E-state index contributed by atoms with van der Waals surface area (Å²) in [5, 5.41) is 9.84. The van der Waals surface area contributed by atoms with Gasteiger partial charge in [-0.15, -0.1) is 11.3 Å². The number of carbonyl (C=O) groups excluding carboxylic acids is 1. The molecular weight excluding hydrogens is 286 g/mol. The number of nitrogens with one attached hydrogen (secondary N) is 1. The van der Waals surface area contributed by atoms with Crippen molar-refractivity contribution in [1.29, 1.82) is 0 Å². The fraction of sp³-hybridized carbons (Fsp3) is 0.500. The average molecular weight is 307 g/mol. The Morgan fingerprint density at radius 1 is 1.38 bits per heavy atom. The van der Waals surface area contributed by atoms with E-state index in [0.29, 0.717) is 5.69 Å². The minimum Gasteiger partial charge on any atom is -0.322 e. The Labute approximate surface area is 128 Å². The molecule has 1 atom stereocenters. The molecule has 2 heterocycles. The third kappa shape index (κ3) is 3.14. The third-order valence-corrected chi connectivity index (χ3v) is 4.24. The smallest absolute Gasteiger partial charge is 0.275 e. The number of hydrogen-bond donors (Lipinski definition) is 2. The van der Waals surface area contributed by atoms with Crippen molar-refractivity contribution in [3.8, 4) is 0 Å². The van der Waals surface area contributed by atoms with Crippen molar-refractivity contribution in [1.82, 2.24) is 14.8 Å². The zero-order valence-corrected chi connectivity index (χ0v) is 13.8. The van der Waals surface area contributed by atoms with Gasteiger partial charge in [0.05, 0.1) is 23.1 Å². The summed E-state index contributed by atoms with van der Waals surface area (Å²) in [6.45, 7) is 9.79. The lowest BCUT2D eigenvalue weighted by molar-refractivity contribution is 0.102. The SMILES string of the molecule is Cc1nn(C(C)C)c(C)c1NC(=O)c1csc(C(C)N)n1.